The Morgan fingerprint density at radius 3 is 2.32 bits per heavy atom. The van der Waals surface area contributed by atoms with Crippen molar-refractivity contribution in [2.75, 3.05) is 0 Å². The normalized spacial score (nSPS) is 13.6. The zero-order chi connectivity index (χ0) is 24.0. The van der Waals surface area contributed by atoms with Crippen molar-refractivity contribution in [2.24, 2.45) is 0 Å². The molecule has 1 N–H and O–H groups in total. The maximum absolute atomic E-state index is 13.9. The highest BCUT2D eigenvalue weighted by Crippen LogP contribution is 2.47. The monoisotopic (exact) mass is 539 g/mol. The van der Waals surface area contributed by atoms with E-state index in [1.54, 1.807) is 43.3 Å². The van der Waals surface area contributed by atoms with Crippen LogP contribution in [0.5, 0.6) is 11.5 Å². The van der Waals surface area contributed by atoms with Gasteiger partial charge in [-0.05, 0) is 48.2 Å². The Balaban J connectivity index is 1.56. The van der Waals surface area contributed by atoms with Gasteiger partial charge in [-0.2, -0.15) is 5.09 Å². The van der Waals surface area contributed by atoms with Crippen LogP contribution >= 0.6 is 23.7 Å². The number of carbonyl (C=O) groups is 1. The number of esters is 1. The summed E-state index contributed by atoms with van der Waals surface area (Å²) in [6.45, 7) is 1.66. The van der Waals surface area contributed by atoms with Crippen LogP contribution in [0.25, 0.3) is 10.8 Å². The highest BCUT2D eigenvalue weighted by atomic mass is 79.9. The van der Waals surface area contributed by atoms with E-state index in [0.717, 1.165) is 20.8 Å². The van der Waals surface area contributed by atoms with Crippen molar-refractivity contribution in [3.8, 4) is 11.5 Å². The van der Waals surface area contributed by atoms with Gasteiger partial charge in [0.15, 0.2) is 0 Å². The first kappa shape index (κ1) is 24.0. The molecule has 0 bridgehead atoms. The van der Waals surface area contributed by atoms with E-state index in [0.29, 0.717) is 11.5 Å². The Morgan fingerprint density at radius 1 is 0.882 bits per heavy atom. The molecule has 4 aromatic carbocycles. The number of hydrogen-bond acceptors (Lipinski definition) is 5. The maximum atomic E-state index is 13.9. The molecule has 4 aromatic rings. The van der Waals surface area contributed by atoms with Crippen LogP contribution in [0, 0.1) is 0 Å². The molecule has 34 heavy (non-hydrogen) atoms. The summed E-state index contributed by atoms with van der Waals surface area (Å²) in [5.74, 6) is 0.116. The maximum Gasteiger partial charge on any atom is 0.513 e. The largest absolute Gasteiger partial charge is 0.513 e. The van der Waals surface area contributed by atoms with Gasteiger partial charge in [0.2, 0.25) is 0 Å². The molecule has 0 heterocycles. The van der Waals surface area contributed by atoms with E-state index in [4.69, 9.17) is 13.8 Å². The zero-order valence-corrected chi connectivity index (χ0v) is 20.9. The Bertz CT molecular complexity index is 1310. The number of fused-ring (bicyclic) bond motifs is 1. The molecule has 0 aromatic heterocycles. The third-order valence-corrected chi connectivity index (χ3v) is 7.06. The number of hydrogen-bond donors (Lipinski definition) is 1. The average molecular weight is 540 g/mol. The Labute approximate surface area is 206 Å². The molecule has 0 aliphatic heterocycles. The molecule has 8 heteroatoms. The minimum Gasteiger partial charge on any atom is -0.460 e. The van der Waals surface area contributed by atoms with Crippen LogP contribution in [0.1, 0.15) is 12.5 Å². The van der Waals surface area contributed by atoms with Crippen LogP contribution in [0.4, 0.5) is 0 Å². The van der Waals surface area contributed by atoms with Gasteiger partial charge in [0.05, 0.1) is 0 Å². The average Bonchev–Trinajstić information content (AvgIpc) is 2.84. The Hall–Kier alpha value is -3.12. The van der Waals surface area contributed by atoms with Crippen molar-refractivity contribution < 1.29 is 23.1 Å². The molecule has 1 unspecified atom stereocenters. The molecule has 4 rings (SSSR count). The lowest BCUT2D eigenvalue weighted by molar-refractivity contribution is -0.146. The summed E-state index contributed by atoms with van der Waals surface area (Å²) in [4.78, 5) is 12.6. The van der Waals surface area contributed by atoms with Crippen molar-refractivity contribution in [1.82, 2.24) is 5.09 Å². The van der Waals surface area contributed by atoms with E-state index in [9.17, 15) is 9.36 Å². The third kappa shape index (κ3) is 6.26. The van der Waals surface area contributed by atoms with Gasteiger partial charge in [-0.3, -0.25) is 4.79 Å². The molecule has 6 nitrogen and oxygen atoms in total. The molecular weight excluding hydrogens is 517 g/mol. The van der Waals surface area contributed by atoms with Gasteiger partial charge in [-0.15, -0.1) is 0 Å². The summed E-state index contributed by atoms with van der Waals surface area (Å²) in [7, 11) is -4.05. The number of rotatable bonds is 9. The topological polar surface area (TPSA) is 73.9 Å². The fraction of sp³-hybridized carbons (Fsp3) is 0.115. The first-order valence-electron chi connectivity index (χ1n) is 10.6. The van der Waals surface area contributed by atoms with Crippen LogP contribution in [0.15, 0.2) is 102 Å². The molecule has 2 atom stereocenters. The number of ether oxygens (including phenoxy) is 1. The molecule has 0 saturated heterocycles. The second kappa shape index (κ2) is 10.9. The van der Waals surface area contributed by atoms with Gasteiger partial charge >= 0.3 is 13.7 Å². The predicted molar refractivity (Wildman–Crippen MR) is 136 cm³/mol. The highest BCUT2D eigenvalue weighted by Gasteiger charge is 2.34. The van der Waals surface area contributed by atoms with Gasteiger partial charge < -0.3 is 13.8 Å². The van der Waals surface area contributed by atoms with E-state index in [-0.39, 0.29) is 6.61 Å². The molecule has 0 saturated carbocycles. The zero-order valence-electron chi connectivity index (χ0n) is 18.4. The van der Waals surface area contributed by atoms with Crippen LogP contribution in [-0.4, -0.2) is 12.0 Å². The van der Waals surface area contributed by atoms with Crippen molar-refractivity contribution in [1.29, 1.82) is 0 Å². The summed E-state index contributed by atoms with van der Waals surface area (Å²) >= 11 is 3.37. The fourth-order valence-corrected chi connectivity index (χ4v) is 5.06. The minimum atomic E-state index is -4.05. The second-order valence-electron chi connectivity index (χ2n) is 7.56. The van der Waals surface area contributed by atoms with E-state index in [1.807, 2.05) is 60.7 Å². The van der Waals surface area contributed by atoms with Crippen molar-refractivity contribution in [3.63, 3.8) is 0 Å². The van der Waals surface area contributed by atoms with Crippen LogP contribution in [0.2, 0.25) is 0 Å². The van der Waals surface area contributed by atoms with Gasteiger partial charge in [-0.1, -0.05) is 82.7 Å². The molecule has 0 fully saturated rings. The van der Waals surface area contributed by atoms with E-state index < -0.39 is 19.8 Å². The third-order valence-electron chi connectivity index (χ3n) is 4.94. The summed E-state index contributed by atoms with van der Waals surface area (Å²) < 4.78 is 31.8. The van der Waals surface area contributed by atoms with Crippen molar-refractivity contribution in [3.05, 3.63) is 107 Å². The van der Waals surface area contributed by atoms with E-state index >= 15 is 0 Å². The first-order valence-corrected chi connectivity index (χ1v) is 13.0. The predicted octanol–water partition coefficient (Wildman–Crippen LogP) is 6.89. The molecule has 0 radical (unpaired) electrons. The SMILES string of the molecule is C[C@H](NP(=O)(Oc1ccc(Br)cc1)Oc1cccc2ccccc12)C(=O)OCc1ccccc1. The molecule has 0 aliphatic rings. The van der Waals surface area contributed by atoms with Gasteiger partial charge in [0.1, 0.15) is 24.1 Å². The molecule has 0 amide bonds. The lowest BCUT2D eigenvalue weighted by atomic mass is 10.1. The van der Waals surface area contributed by atoms with Crippen LogP contribution in [0.3, 0.4) is 0 Å². The first-order chi connectivity index (χ1) is 16.4. The van der Waals surface area contributed by atoms with Gasteiger partial charge in [0.25, 0.3) is 0 Å². The summed E-state index contributed by atoms with van der Waals surface area (Å²) in [5, 5.41) is 4.42. The standard InChI is InChI=1S/C26H23BrNO5P/c1-19(26(29)31-18-20-8-3-2-4-9-20)28-34(30,32-23-16-14-22(27)15-17-23)33-25-13-7-11-21-10-5-6-12-24(21)25/h2-17,19H,18H2,1H3,(H,28,30)/t19-,34?/m0/s1. The second-order valence-corrected chi connectivity index (χ2v) is 10.1. The van der Waals surface area contributed by atoms with Gasteiger partial charge in [0, 0.05) is 9.86 Å². The van der Waals surface area contributed by atoms with Crippen molar-refractivity contribution in [2.45, 2.75) is 19.6 Å². The summed E-state index contributed by atoms with van der Waals surface area (Å²) in [6, 6.07) is 28.2. The summed E-state index contributed by atoms with van der Waals surface area (Å²) in [5.41, 5.74) is 0.851. The van der Waals surface area contributed by atoms with Crippen molar-refractivity contribution >= 4 is 40.4 Å². The number of carbonyl (C=O) groups excluding carboxylic acids is 1. The minimum absolute atomic E-state index is 0.105. The Kier molecular flexibility index (Phi) is 7.68. The lowest BCUT2D eigenvalue weighted by Gasteiger charge is -2.23. The van der Waals surface area contributed by atoms with Gasteiger partial charge in [-0.25, -0.2) is 4.57 Å². The number of halogens is 1. The molecule has 0 spiro atoms. The number of benzene rings is 4. The quantitative estimate of drug-likeness (QED) is 0.184. The number of nitrogens with one attached hydrogen (secondary N) is 1. The molecular formula is C26H23BrNO5P. The highest BCUT2D eigenvalue weighted by molar-refractivity contribution is 9.10. The van der Waals surface area contributed by atoms with E-state index in [2.05, 4.69) is 21.0 Å². The van der Waals surface area contributed by atoms with Crippen LogP contribution in [-0.2, 0) is 20.7 Å². The smallest absolute Gasteiger partial charge is 0.460 e. The summed E-state index contributed by atoms with van der Waals surface area (Å²) in [6.07, 6.45) is 0. The fourth-order valence-electron chi connectivity index (χ4n) is 3.25. The lowest BCUT2D eigenvalue weighted by Crippen LogP contribution is -2.35. The molecule has 174 valence electrons. The van der Waals surface area contributed by atoms with E-state index in [1.165, 1.54) is 0 Å². The van der Waals surface area contributed by atoms with Crippen LogP contribution < -0.4 is 14.1 Å². The molecule has 0 aliphatic carbocycles. The Morgan fingerprint density at radius 2 is 1.56 bits per heavy atom.